The van der Waals surface area contributed by atoms with Gasteiger partial charge in [0.2, 0.25) is 10.0 Å². The molecule has 4 nitrogen and oxygen atoms in total. The van der Waals surface area contributed by atoms with E-state index in [9.17, 15) is 8.42 Å². The van der Waals surface area contributed by atoms with Crippen LogP contribution in [0.5, 0.6) is 0 Å². The van der Waals surface area contributed by atoms with E-state index in [1.54, 1.807) is 6.07 Å². The molecule has 0 aromatic carbocycles. The summed E-state index contributed by atoms with van der Waals surface area (Å²) in [7, 11) is -3.52. The molecule has 2 heterocycles. The number of alkyl halides is 1. The van der Waals surface area contributed by atoms with Crippen molar-refractivity contribution in [2.75, 3.05) is 13.1 Å². The minimum Gasteiger partial charge on any atom is -0.367 e. The summed E-state index contributed by atoms with van der Waals surface area (Å²) in [6.45, 7) is 10.2. The molecule has 0 N–H and O–H groups in total. The van der Waals surface area contributed by atoms with Gasteiger partial charge in [-0.15, -0.1) is 22.9 Å². The Labute approximate surface area is 136 Å². The highest BCUT2D eigenvalue weighted by Crippen LogP contribution is 2.34. The first-order chi connectivity index (χ1) is 9.47. The highest BCUT2D eigenvalue weighted by Gasteiger charge is 2.43. The molecule has 1 aromatic heterocycles. The molecule has 21 heavy (non-hydrogen) atoms. The van der Waals surface area contributed by atoms with Crippen LogP contribution in [0.4, 0.5) is 0 Å². The Morgan fingerprint density at radius 2 is 1.81 bits per heavy atom. The molecule has 0 amide bonds. The van der Waals surface area contributed by atoms with Gasteiger partial charge in [-0.1, -0.05) is 0 Å². The molecule has 1 aliphatic heterocycles. The lowest BCUT2D eigenvalue weighted by molar-refractivity contribution is -0.163. The van der Waals surface area contributed by atoms with Crippen molar-refractivity contribution in [3.63, 3.8) is 0 Å². The van der Waals surface area contributed by atoms with Gasteiger partial charge in [0.25, 0.3) is 0 Å². The molecule has 0 unspecified atom stereocenters. The number of hydrogen-bond acceptors (Lipinski definition) is 4. The standard InChI is InChI=1S/C14H22ClNO3S2/c1-10-12(6-11(7-15)20-10)21(17,18)16-8-13(2,3)19-14(4,5)9-16/h6H,7-9H2,1-5H3. The van der Waals surface area contributed by atoms with Crippen LogP contribution in [0.1, 0.15) is 37.4 Å². The number of nitrogens with zero attached hydrogens (tertiary/aromatic N) is 1. The van der Waals surface area contributed by atoms with Crippen molar-refractivity contribution < 1.29 is 13.2 Å². The largest absolute Gasteiger partial charge is 0.367 e. The number of morpholine rings is 1. The van der Waals surface area contributed by atoms with Gasteiger partial charge in [0, 0.05) is 22.8 Å². The van der Waals surface area contributed by atoms with Crippen LogP contribution >= 0.6 is 22.9 Å². The summed E-state index contributed by atoms with van der Waals surface area (Å²) in [5, 5.41) is 0. The molecule has 7 heteroatoms. The third-order valence-corrected chi connectivity index (χ3v) is 6.88. The Morgan fingerprint density at radius 1 is 1.29 bits per heavy atom. The Morgan fingerprint density at radius 3 is 2.24 bits per heavy atom. The van der Waals surface area contributed by atoms with E-state index in [0.29, 0.717) is 23.9 Å². The highest BCUT2D eigenvalue weighted by atomic mass is 35.5. The maximum absolute atomic E-state index is 12.9. The number of halogens is 1. The fraction of sp³-hybridized carbons (Fsp3) is 0.714. The normalized spacial score (nSPS) is 22.4. The Bertz CT molecular complexity index is 619. The molecule has 0 radical (unpaired) electrons. The van der Waals surface area contributed by atoms with E-state index in [4.69, 9.17) is 16.3 Å². The molecule has 1 saturated heterocycles. The van der Waals surface area contributed by atoms with Crippen molar-refractivity contribution in [1.82, 2.24) is 4.31 Å². The average Bonchev–Trinajstić information content (AvgIpc) is 2.67. The first kappa shape index (κ1) is 17.2. The van der Waals surface area contributed by atoms with Crippen LogP contribution in [0.2, 0.25) is 0 Å². The van der Waals surface area contributed by atoms with Gasteiger partial charge in [0.15, 0.2) is 0 Å². The van der Waals surface area contributed by atoms with Crippen LogP contribution in [-0.4, -0.2) is 37.0 Å². The second-order valence-electron chi connectivity index (χ2n) is 6.66. The number of sulfonamides is 1. The number of rotatable bonds is 3. The fourth-order valence-corrected chi connectivity index (χ4v) is 6.31. The topological polar surface area (TPSA) is 46.6 Å². The summed E-state index contributed by atoms with van der Waals surface area (Å²) in [4.78, 5) is 2.03. The van der Waals surface area contributed by atoms with Crippen LogP contribution in [0.15, 0.2) is 11.0 Å². The van der Waals surface area contributed by atoms with Crippen molar-refractivity contribution >= 4 is 33.0 Å². The van der Waals surface area contributed by atoms with E-state index in [1.165, 1.54) is 15.6 Å². The van der Waals surface area contributed by atoms with E-state index in [2.05, 4.69) is 0 Å². The molecule has 1 aromatic rings. The predicted octanol–water partition coefficient (Wildman–Crippen LogP) is 3.37. The lowest BCUT2D eigenvalue weighted by atomic mass is 10.0. The summed E-state index contributed by atoms with van der Waals surface area (Å²) in [6, 6.07) is 1.69. The first-order valence-electron chi connectivity index (χ1n) is 6.82. The predicted molar refractivity (Wildman–Crippen MR) is 86.6 cm³/mol. The van der Waals surface area contributed by atoms with Gasteiger partial charge in [0.1, 0.15) is 0 Å². The van der Waals surface area contributed by atoms with Gasteiger partial charge in [-0.05, 0) is 40.7 Å². The van der Waals surface area contributed by atoms with Crippen molar-refractivity contribution in [3.05, 3.63) is 15.8 Å². The number of thiophene rings is 1. The molecular weight excluding hydrogens is 330 g/mol. The van der Waals surface area contributed by atoms with Gasteiger partial charge >= 0.3 is 0 Å². The molecule has 120 valence electrons. The van der Waals surface area contributed by atoms with Crippen molar-refractivity contribution in [3.8, 4) is 0 Å². The quantitative estimate of drug-likeness (QED) is 0.784. The molecule has 2 rings (SSSR count). The van der Waals surface area contributed by atoms with Crippen LogP contribution in [-0.2, 0) is 20.6 Å². The zero-order valence-corrected chi connectivity index (χ0v) is 15.5. The van der Waals surface area contributed by atoms with Crippen molar-refractivity contribution in [2.24, 2.45) is 0 Å². The Kier molecular flexibility index (Phi) is 4.50. The van der Waals surface area contributed by atoms with E-state index < -0.39 is 21.2 Å². The second kappa shape index (κ2) is 5.49. The smallest absolute Gasteiger partial charge is 0.244 e. The van der Waals surface area contributed by atoms with Gasteiger partial charge in [-0.2, -0.15) is 4.31 Å². The summed E-state index contributed by atoms with van der Waals surface area (Å²) < 4.78 is 33.4. The van der Waals surface area contributed by atoms with E-state index in [-0.39, 0.29) is 0 Å². The third-order valence-electron chi connectivity index (χ3n) is 3.34. The Hall–Kier alpha value is -0.140. The highest BCUT2D eigenvalue weighted by molar-refractivity contribution is 7.89. The van der Waals surface area contributed by atoms with Gasteiger partial charge < -0.3 is 4.74 Å². The van der Waals surface area contributed by atoms with Crippen molar-refractivity contribution in [1.29, 1.82) is 0 Å². The van der Waals surface area contributed by atoms with E-state index in [1.807, 2.05) is 34.6 Å². The molecule has 0 aliphatic carbocycles. The van der Waals surface area contributed by atoms with Gasteiger partial charge in [-0.3, -0.25) is 0 Å². The summed E-state index contributed by atoms with van der Waals surface area (Å²) in [5.74, 6) is 0.334. The zero-order valence-electron chi connectivity index (χ0n) is 13.1. The van der Waals surface area contributed by atoms with Crippen LogP contribution in [0.25, 0.3) is 0 Å². The Balaban J connectivity index is 2.41. The molecule has 1 fully saturated rings. The SMILES string of the molecule is Cc1sc(CCl)cc1S(=O)(=O)N1CC(C)(C)OC(C)(C)C1. The first-order valence-corrected chi connectivity index (χ1v) is 9.62. The average molecular weight is 352 g/mol. The lowest BCUT2D eigenvalue weighted by Crippen LogP contribution is -2.58. The minimum atomic E-state index is -3.52. The number of hydrogen-bond donors (Lipinski definition) is 0. The maximum Gasteiger partial charge on any atom is 0.244 e. The summed E-state index contributed by atoms with van der Waals surface area (Å²) in [5.41, 5.74) is -1.01. The molecular formula is C14H22ClNO3S2. The van der Waals surface area contributed by atoms with Gasteiger partial charge in [0.05, 0.1) is 22.0 Å². The monoisotopic (exact) mass is 351 g/mol. The molecule has 0 saturated carbocycles. The third kappa shape index (κ3) is 3.62. The van der Waals surface area contributed by atoms with Crippen LogP contribution < -0.4 is 0 Å². The number of aryl methyl sites for hydroxylation is 1. The lowest BCUT2D eigenvalue weighted by Gasteiger charge is -2.46. The molecule has 0 bridgehead atoms. The summed E-state index contributed by atoms with van der Waals surface area (Å²) in [6.07, 6.45) is 0. The van der Waals surface area contributed by atoms with E-state index >= 15 is 0 Å². The minimum absolute atomic E-state index is 0.334. The maximum atomic E-state index is 12.9. The fourth-order valence-electron chi connectivity index (χ4n) is 2.87. The van der Waals surface area contributed by atoms with E-state index in [0.717, 1.165) is 9.75 Å². The van der Waals surface area contributed by atoms with Crippen LogP contribution in [0, 0.1) is 6.92 Å². The molecule has 0 atom stereocenters. The molecule has 0 spiro atoms. The van der Waals surface area contributed by atoms with Crippen molar-refractivity contribution in [2.45, 2.75) is 56.6 Å². The second-order valence-corrected chi connectivity index (χ2v) is 10.2. The van der Waals surface area contributed by atoms with Gasteiger partial charge in [-0.25, -0.2) is 8.42 Å². The summed E-state index contributed by atoms with van der Waals surface area (Å²) >= 11 is 7.26. The molecule has 1 aliphatic rings. The van der Waals surface area contributed by atoms with Crippen LogP contribution in [0.3, 0.4) is 0 Å². The zero-order chi connectivity index (χ0) is 16.1. The number of ether oxygens (including phenoxy) is 1.